The Labute approximate surface area is 178 Å². The molecule has 0 unspecified atom stereocenters. The summed E-state index contributed by atoms with van der Waals surface area (Å²) in [6.45, 7) is 4.11. The molecule has 0 radical (unpaired) electrons. The van der Waals surface area contributed by atoms with Gasteiger partial charge in [0, 0.05) is 50.5 Å². The summed E-state index contributed by atoms with van der Waals surface area (Å²) in [5.41, 5.74) is 3.10. The molecule has 2 aromatic rings. The molecule has 0 aliphatic carbocycles. The Kier molecular flexibility index (Phi) is 6.52. The Morgan fingerprint density at radius 3 is 2.33 bits per heavy atom. The van der Waals surface area contributed by atoms with Gasteiger partial charge in [-0.25, -0.2) is 4.79 Å². The number of hydrogen-bond donors (Lipinski definition) is 0. The van der Waals surface area contributed by atoms with E-state index in [2.05, 4.69) is 17.0 Å². The zero-order valence-corrected chi connectivity index (χ0v) is 17.3. The van der Waals surface area contributed by atoms with Crippen LogP contribution in [-0.2, 0) is 16.1 Å². The number of nitrogens with zero attached hydrogens (tertiary/aromatic N) is 3. The summed E-state index contributed by atoms with van der Waals surface area (Å²) in [6, 6.07) is 18.0. The number of carbonyl (C=O) groups is 2. The Balaban J connectivity index is 1.31. The minimum Gasteiger partial charge on any atom is -0.445 e. The highest BCUT2D eigenvalue weighted by molar-refractivity contribution is 5.94. The van der Waals surface area contributed by atoms with Crippen molar-refractivity contribution < 1.29 is 14.3 Å². The Bertz CT molecular complexity index is 854. The van der Waals surface area contributed by atoms with Gasteiger partial charge in [0.25, 0.3) is 0 Å². The average Bonchev–Trinajstić information content (AvgIpc) is 3.05. The molecule has 2 amide bonds. The van der Waals surface area contributed by atoms with Crippen molar-refractivity contribution in [3.05, 3.63) is 60.2 Å². The summed E-state index contributed by atoms with van der Waals surface area (Å²) in [5.74, 6) is 0.216. The molecule has 158 valence electrons. The van der Waals surface area contributed by atoms with Gasteiger partial charge in [-0.15, -0.1) is 0 Å². The Morgan fingerprint density at radius 1 is 0.800 bits per heavy atom. The number of ether oxygens (including phenoxy) is 1. The third-order valence-electron chi connectivity index (χ3n) is 5.81. The van der Waals surface area contributed by atoms with Crippen molar-refractivity contribution >= 4 is 23.4 Å². The number of hydrogen-bond acceptors (Lipinski definition) is 4. The standard InChI is InChI=1S/C24H29N3O3/c28-23-9-4-5-16-27(23)22-12-10-21(11-13-22)25-14-6-15-26(18-17-25)24(29)30-19-20-7-2-1-3-8-20/h1-3,7-8,10-13H,4-6,9,14-19H2. The molecule has 2 aliphatic rings. The SMILES string of the molecule is O=C(OCc1ccccc1)N1CCCN(c2ccc(N3CCCCC3=O)cc2)CC1. The zero-order valence-electron chi connectivity index (χ0n) is 17.3. The van der Waals surface area contributed by atoms with E-state index in [-0.39, 0.29) is 12.0 Å². The molecule has 0 saturated carbocycles. The van der Waals surface area contributed by atoms with E-state index in [9.17, 15) is 9.59 Å². The molecular formula is C24H29N3O3. The third-order valence-corrected chi connectivity index (χ3v) is 5.81. The second-order valence-corrected chi connectivity index (χ2v) is 7.89. The molecular weight excluding hydrogens is 378 g/mol. The lowest BCUT2D eigenvalue weighted by molar-refractivity contribution is -0.119. The summed E-state index contributed by atoms with van der Waals surface area (Å²) < 4.78 is 5.49. The molecule has 6 nitrogen and oxygen atoms in total. The molecule has 2 heterocycles. The molecule has 0 spiro atoms. The van der Waals surface area contributed by atoms with Crippen LogP contribution in [0.4, 0.5) is 16.2 Å². The fraction of sp³-hybridized carbons (Fsp3) is 0.417. The summed E-state index contributed by atoms with van der Waals surface area (Å²) in [6.07, 6.45) is 3.35. The van der Waals surface area contributed by atoms with Gasteiger partial charge in [-0.1, -0.05) is 30.3 Å². The Morgan fingerprint density at radius 2 is 1.57 bits per heavy atom. The van der Waals surface area contributed by atoms with Crippen LogP contribution in [0, 0.1) is 0 Å². The lowest BCUT2D eigenvalue weighted by atomic mass is 10.1. The van der Waals surface area contributed by atoms with Gasteiger partial charge in [-0.3, -0.25) is 4.79 Å². The van der Waals surface area contributed by atoms with Gasteiger partial charge in [0.15, 0.2) is 0 Å². The van der Waals surface area contributed by atoms with Crippen LogP contribution in [0.25, 0.3) is 0 Å². The van der Waals surface area contributed by atoms with Crippen molar-refractivity contribution in [2.75, 3.05) is 42.5 Å². The first kappa shape index (κ1) is 20.3. The van der Waals surface area contributed by atoms with Crippen molar-refractivity contribution in [3.8, 4) is 0 Å². The number of piperidine rings is 1. The lowest BCUT2D eigenvalue weighted by Gasteiger charge is -2.28. The van der Waals surface area contributed by atoms with E-state index >= 15 is 0 Å². The van der Waals surface area contributed by atoms with Crippen LogP contribution in [0.3, 0.4) is 0 Å². The first-order chi connectivity index (χ1) is 14.7. The topological polar surface area (TPSA) is 53.1 Å². The predicted octanol–water partition coefficient (Wildman–Crippen LogP) is 4.05. The van der Waals surface area contributed by atoms with Crippen molar-refractivity contribution in [3.63, 3.8) is 0 Å². The number of benzene rings is 2. The molecule has 30 heavy (non-hydrogen) atoms. The van der Waals surface area contributed by atoms with Crippen molar-refractivity contribution in [2.24, 2.45) is 0 Å². The monoisotopic (exact) mass is 407 g/mol. The highest BCUT2D eigenvalue weighted by Crippen LogP contribution is 2.25. The summed E-state index contributed by atoms with van der Waals surface area (Å²) >= 11 is 0. The second-order valence-electron chi connectivity index (χ2n) is 7.89. The number of anilines is 2. The first-order valence-corrected chi connectivity index (χ1v) is 10.8. The maximum Gasteiger partial charge on any atom is 0.410 e. The normalized spacial score (nSPS) is 17.6. The predicted molar refractivity (Wildman–Crippen MR) is 118 cm³/mol. The summed E-state index contributed by atoms with van der Waals surface area (Å²) in [7, 11) is 0. The summed E-state index contributed by atoms with van der Waals surface area (Å²) in [4.78, 5) is 30.6. The molecule has 2 aliphatic heterocycles. The van der Waals surface area contributed by atoms with Gasteiger partial charge >= 0.3 is 6.09 Å². The molecule has 0 bridgehead atoms. The van der Waals surface area contributed by atoms with E-state index in [4.69, 9.17) is 4.74 Å². The summed E-state index contributed by atoms with van der Waals surface area (Å²) in [5, 5.41) is 0. The molecule has 0 aromatic heterocycles. The fourth-order valence-electron chi connectivity index (χ4n) is 4.09. The van der Waals surface area contributed by atoms with Gasteiger partial charge in [0.2, 0.25) is 5.91 Å². The Hall–Kier alpha value is -3.02. The maximum atomic E-state index is 12.5. The first-order valence-electron chi connectivity index (χ1n) is 10.8. The highest BCUT2D eigenvalue weighted by Gasteiger charge is 2.22. The molecule has 2 saturated heterocycles. The van der Waals surface area contributed by atoms with Gasteiger partial charge < -0.3 is 19.4 Å². The van der Waals surface area contributed by atoms with Crippen LogP contribution in [0.15, 0.2) is 54.6 Å². The zero-order chi connectivity index (χ0) is 20.8. The van der Waals surface area contributed by atoms with Crippen LogP contribution >= 0.6 is 0 Å². The molecule has 0 atom stereocenters. The largest absolute Gasteiger partial charge is 0.445 e. The van der Waals surface area contributed by atoms with Crippen molar-refractivity contribution in [1.82, 2.24) is 4.90 Å². The third kappa shape index (κ3) is 4.93. The van der Waals surface area contributed by atoms with E-state index in [1.807, 2.05) is 47.4 Å². The molecule has 2 fully saturated rings. The van der Waals surface area contributed by atoms with E-state index in [0.717, 1.165) is 55.8 Å². The smallest absolute Gasteiger partial charge is 0.410 e. The second kappa shape index (κ2) is 9.65. The number of amides is 2. The minimum absolute atomic E-state index is 0.216. The number of rotatable bonds is 4. The van der Waals surface area contributed by atoms with E-state index < -0.39 is 0 Å². The average molecular weight is 408 g/mol. The minimum atomic E-state index is -0.250. The molecule has 6 heteroatoms. The van der Waals surface area contributed by atoms with Gasteiger partial charge in [-0.2, -0.15) is 0 Å². The maximum absolute atomic E-state index is 12.5. The quantitative estimate of drug-likeness (QED) is 0.767. The van der Waals surface area contributed by atoms with Crippen molar-refractivity contribution in [1.29, 1.82) is 0 Å². The van der Waals surface area contributed by atoms with Crippen molar-refractivity contribution in [2.45, 2.75) is 32.3 Å². The van der Waals surface area contributed by atoms with Gasteiger partial charge in [0.1, 0.15) is 6.61 Å². The van der Waals surface area contributed by atoms with E-state index in [0.29, 0.717) is 26.1 Å². The van der Waals surface area contributed by atoms with E-state index in [1.165, 1.54) is 0 Å². The van der Waals surface area contributed by atoms with Gasteiger partial charge in [0.05, 0.1) is 0 Å². The molecule has 0 N–H and O–H groups in total. The van der Waals surface area contributed by atoms with Crippen LogP contribution in [0.5, 0.6) is 0 Å². The lowest BCUT2D eigenvalue weighted by Crippen LogP contribution is -2.36. The molecule has 2 aromatic carbocycles. The fourth-order valence-corrected chi connectivity index (χ4v) is 4.09. The van der Waals surface area contributed by atoms with Crippen LogP contribution in [-0.4, -0.2) is 49.6 Å². The van der Waals surface area contributed by atoms with E-state index in [1.54, 1.807) is 4.90 Å². The highest BCUT2D eigenvalue weighted by atomic mass is 16.6. The number of carbonyl (C=O) groups excluding carboxylic acids is 2. The van der Waals surface area contributed by atoms with Gasteiger partial charge in [-0.05, 0) is 49.1 Å². The van der Waals surface area contributed by atoms with Crippen LogP contribution < -0.4 is 9.80 Å². The van der Waals surface area contributed by atoms with Crippen LogP contribution in [0.1, 0.15) is 31.2 Å². The van der Waals surface area contributed by atoms with Crippen LogP contribution in [0.2, 0.25) is 0 Å². The molecule has 4 rings (SSSR count).